The number of rotatable bonds is 6. The number of aryl methyl sites for hydroxylation is 1. The molecule has 0 radical (unpaired) electrons. The third kappa shape index (κ3) is 4.38. The van der Waals surface area contributed by atoms with Crippen LogP contribution in [0.5, 0.6) is 5.75 Å². The Morgan fingerprint density at radius 3 is 2.32 bits per heavy atom. The summed E-state index contributed by atoms with van der Waals surface area (Å²) in [5.74, 6) is -0.669. The predicted molar refractivity (Wildman–Crippen MR) is 81.6 cm³/mol. The SMILES string of the molecule is CCCc1ccc(-c2ccc(OC=CC(F)F)c(F)c2)cc1. The van der Waals surface area contributed by atoms with E-state index in [1.165, 1.54) is 17.7 Å². The van der Waals surface area contributed by atoms with Gasteiger partial charge >= 0.3 is 0 Å². The van der Waals surface area contributed by atoms with Gasteiger partial charge in [0.25, 0.3) is 6.43 Å². The molecule has 2 aromatic rings. The van der Waals surface area contributed by atoms with Crippen LogP contribution in [0, 0.1) is 5.82 Å². The molecule has 0 saturated carbocycles. The van der Waals surface area contributed by atoms with Gasteiger partial charge in [0, 0.05) is 6.08 Å². The molecule has 4 heteroatoms. The van der Waals surface area contributed by atoms with Gasteiger partial charge in [0.1, 0.15) is 0 Å². The van der Waals surface area contributed by atoms with E-state index in [-0.39, 0.29) is 5.75 Å². The highest BCUT2D eigenvalue weighted by atomic mass is 19.3. The normalized spacial score (nSPS) is 11.3. The molecule has 0 unspecified atom stereocenters. The molecule has 116 valence electrons. The first-order chi connectivity index (χ1) is 10.6. The van der Waals surface area contributed by atoms with E-state index in [1.807, 2.05) is 24.3 Å². The Kier molecular flexibility index (Phi) is 5.64. The average Bonchev–Trinajstić information content (AvgIpc) is 2.50. The number of alkyl halides is 2. The number of ether oxygens (including phenoxy) is 1. The lowest BCUT2D eigenvalue weighted by atomic mass is 10.0. The van der Waals surface area contributed by atoms with Crippen LogP contribution in [0.4, 0.5) is 13.2 Å². The van der Waals surface area contributed by atoms with Crippen molar-refractivity contribution in [3.8, 4) is 16.9 Å². The van der Waals surface area contributed by atoms with Crippen molar-refractivity contribution >= 4 is 0 Å². The Morgan fingerprint density at radius 2 is 1.73 bits per heavy atom. The number of hydrogen-bond acceptors (Lipinski definition) is 1. The molecule has 0 atom stereocenters. The zero-order valence-electron chi connectivity index (χ0n) is 12.2. The lowest BCUT2D eigenvalue weighted by molar-refractivity contribution is 0.201. The summed E-state index contributed by atoms with van der Waals surface area (Å²) in [5.41, 5.74) is 2.85. The molecular formula is C18H17F3O. The van der Waals surface area contributed by atoms with Crippen LogP contribution < -0.4 is 4.74 Å². The lowest BCUT2D eigenvalue weighted by Gasteiger charge is -2.07. The smallest absolute Gasteiger partial charge is 0.260 e. The van der Waals surface area contributed by atoms with Gasteiger partial charge in [-0.1, -0.05) is 43.7 Å². The van der Waals surface area contributed by atoms with Crippen molar-refractivity contribution in [1.29, 1.82) is 0 Å². The summed E-state index contributed by atoms with van der Waals surface area (Å²) in [5, 5.41) is 0. The number of allylic oxidation sites excluding steroid dienone is 1. The number of benzene rings is 2. The average molecular weight is 306 g/mol. The summed E-state index contributed by atoms with van der Waals surface area (Å²) < 4.78 is 42.7. The molecule has 0 aliphatic rings. The van der Waals surface area contributed by atoms with E-state index in [4.69, 9.17) is 4.74 Å². The Balaban J connectivity index is 2.14. The Morgan fingerprint density at radius 1 is 1.05 bits per heavy atom. The molecule has 0 saturated heterocycles. The van der Waals surface area contributed by atoms with Crippen molar-refractivity contribution in [3.63, 3.8) is 0 Å². The summed E-state index contributed by atoms with van der Waals surface area (Å²) >= 11 is 0. The standard InChI is InChI=1S/C18H17F3O/c1-2-3-13-4-6-14(7-5-13)15-8-9-17(16(19)12-15)22-11-10-18(20)21/h4-12,18H,2-3H2,1H3. The Hall–Kier alpha value is -2.23. The van der Waals surface area contributed by atoms with Gasteiger partial charge in [-0.25, -0.2) is 13.2 Å². The molecule has 2 rings (SSSR count). The van der Waals surface area contributed by atoms with E-state index in [1.54, 1.807) is 6.07 Å². The van der Waals surface area contributed by atoms with Gasteiger partial charge in [-0.3, -0.25) is 0 Å². The minimum atomic E-state index is -2.62. The fraction of sp³-hybridized carbons (Fsp3) is 0.222. The molecule has 0 heterocycles. The van der Waals surface area contributed by atoms with Crippen molar-refractivity contribution in [2.45, 2.75) is 26.2 Å². The molecule has 0 N–H and O–H groups in total. The lowest BCUT2D eigenvalue weighted by Crippen LogP contribution is -1.90. The minimum absolute atomic E-state index is 0.0803. The number of hydrogen-bond donors (Lipinski definition) is 0. The van der Waals surface area contributed by atoms with Gasteiger partial charge in [0.05, 0.1) is 6.26 Å². The summed E-state index contributed by atoms with van der Waals surface area (Å²) in [4.78, 5) is 0. The van der Waals surface area contributed by atoms with Gasteiger partial charge < -0.3 is 4.74 Å². The van der Waals surface area contributed by atoms with E-state index in [9.17, 15) is 13.2 Å². The van der Waals surface area contributed by atoms with Crippen molar-refractivity contribution in [2.24, 2.45) is 0 Å². The quantitative estimate of drug-likeness (QED) is 0.631. The van der Waals surface area contributed by atoms with Crippen molar-refractivity contribution < 1.29 is 17.9 Å². The van der Waals surface area contributed by atoms with Crippen LogP contribution in [0.25, 0.3) is 11.1 Å². The van der Waals surface area contributed by atoms with E-state index >= 15 is 0 Å². The maximum atomic E-state index is 13.9. The topological polar surface area (TPSA) is 9.23 Å². The molecule has 0 spiro atoms. The van der Waals surface area contributed by atoms with E-state index in [2.05, 4.69) is 6.92 Å². The molecule has 1 nitrogen and oxygen atoms in total. The molecule has 0 amide bonds. The third-order valence-electron chi connectivity index (χ3n) is 3.18. The molecule has 0 aromatic heterocycles. The first-order valence-corrected chi connectivity index (χ1v) is 7.10. The van der Waals surface area contributed by atoms with Crippen LogP contribution in [-0.2, 0) is 6.42 Å². The van der Waals surface area contributed by atoms with E-state index < -0.39 is 12.2 Å². The number of halogens is 3. The van der Waals surface area contributed by atoms with Gasteiger partial charge in [0.2, 0.25) is 0 Å². The second-order valence-corrected chi connectivity index (χ2v) is 4.87. The monoisotopic (exact) mass is 306 g/mol. The van der Waals surface area contributed by atoms with Crippen LogP contribution in [0.15, 0.2) is 54.8 Å². The Bertz CT molecular complexity index is 633. The zero-order valence-corrected chi connectivity index (χ0v) is 12.2. The summed E-state index contributed by atoms with van der Waals surface area (Å²) in [6.07, 6.45) is 0.815. The maximum Gasteiger partial charge on any atom is 0.260 e. The molecule has 0 aliphatic carbocycles. The Labute approximate surface area is 128 Å². The molecule has 0 fully saturated rings. The maximum absolute atomic E-state index is 13.9. The van der Waals surface area contributed by atoms with Crippen LogP contribution in [0.1, 0.15) is 18.9 Å². The van der Waals surface area contributed by atoms with Crippen LogP contribution in [0.2, 0.25) is 0 Å². The zero-order chi connectivity index (χ0) is 15.9. The highest BCUT2D eigenvalue weighted by Crippen LogP contribution is 2.26. The second kappa shape index (κ2) is 7.69. The second-order valence-electron chi connectivity index (χ2n) is 4.87. The summed E-state index contributed by atoms with van der Waals surface area (Å²) in [7, 11) is 0. The predicted octanol–water partition coefficient (Wildman–Crippen LogP) is 5.60. The van der Waals surface area contributed by atoms with Gasteiger partial charge in [-0.15, -0.1) is 0 Å². The van der Waals surface area contributed by atoms with E-state index in [0.717, 1.165) is 24.7 Å². The molecule has 0 bridgehead atoms. The molecule has 2 aromatic carbocycles. The van der Waals surface area contributed by atoms with Crippen molar-refractivity contribution in [2.75, 3.05) is 0 Å². The summed E-state index contributed by atoms with van der Waals surface area (Å²) in [6.45, 7) is 2.12. The fourth-order valence-electron chi connectivity index (χ4n) is 2.10. The van der Waals surface area contributed by atoms with Crippen LogP contribution in [-0.4, -0.2) is 6.43 Å². The fourth-order valence-corrected chi connectivity index (χ4v) is 2.10. The van der Waals surface area contributed by atoms with Crippen molar-refractivity contribution in [1.82, 2.24) is 0 Å². The molecule has 22 heavy (non-hydrogen) atoms. The largest absolute Gasteiger partial charge is 0.462 e. The molecule has 0 aliphatic heterocycles. The van der Waals surface area contributed by atoms with Gasteiger partial charge in [-0.2, -0.15) is 0 Å². The third-order valence-corrected chi connectivity index (χ3v) is 3.18. The van der Waals surface area contributed by atoms with Gasteiger partial charge in [-0.05, 0) is 35.2 Å². The van der Waals surface area contributed by atoms with E-state index in [0.29, 0.717) is 11.6 Å². The first kappa shape index (κ1) is 16.1. The van der Waals surface area contributed by atoms with Gasteiger partial charge in [0.15, 0.2) is 11.6 Å². The summed E-state index contributed by atoms with van der Waals surface area (Å²) in [6, 6.07) is 12.4. The van der Waals surface area contributed by atoms with Crippen LogP contribution >= 0.6 is 0 Å². The van der Waals surface area contributed by atoms with Crippen molar-refractivity contribution in [3.05, 3.63) is 66.2 Å². The first-order valence-electron chi connectivity index (χ1n) is 7.10. The minimum Gasteiger partial charge on any atom is -0.462 e. The highest BCUT2D eigenvalue weighted by molar-refractivity contribution is 5.64. The van der Waals surface area contributed by atoms with Crippen LogP contribution in [0.3, 0.4) is 0 Å². The highest BCUT2D eigenvalue weighted by Gasteiger charge is 2.06. The molecular weight excluding hydrogens is 289 g/mol.